The topological polar surface area (TPSA) is 57.7 Å². The van der Waals surface area contributed by atoms with E-state index in [9.17, 15) is 22.0 Å². The van der Waals surface area contributed by atoms with Gasteiger partial charge in [0, 0.05) is 38.3 Å². The van der Waals surface area contributed by atoms with Crippen LogP contribution in [-0.2, 0) is 9.84 Å². The lowest BCUT2D eigenvalue weighted by Gasteiger charge is -2.35. The van der Waals surface area contributed by atoms with Gasteiger partial charge in [0.2, 0.25) is 9.84 Å². The van der Waals surface area contributed by atoms with Crippen molar-refractivity contribution in [2.45, 2.75) is 24.5 Å². The molecule has 0 unspecified atom stereocenters. The summed E-state index contributed by atoms with van der Waals surface area (Å²) in [5.74, 6) is -3.11. The van der Waals surface area contributed by atoms with Crippen molar-refractivity contribution in [3.05, 3.63) is 29.8 Å². The Morgan fingerprint density at radius 2 is 1.62 bits per heavy atom. The highest BCUT2D eigenvalue weighted by molar-refractivity contribution is 7.91. The van der Waals surface area contributed by atoms with Gasteiger partial charge in [-0.3, -0.25) is 9.69 Å². The van der Waals surface area contributed by atoms with Crippen LogP contribution in [0.5, 0.6) is 0 Å². The van der Waals surface area contributed by atoms with Crippen LogP contribution in [0.15, 0.2) is 29.2 Å². The third-order valence-electron chi connectivity index (χ3n) is 3.95. The molecule has 1 aliphatic heterocycles. The summed E-state index contributed by atoms with van der Waals surface area (Å²) in [6.45, 7) is 8.07. The van der Waals surface area contributed by atoms with E-state index < -0.39 is 20.5 Å². The van der Waals surface area contributed by atoms with Gasteiger partial charge >= 0.3 is 5.76 Å². The summed E-state index contributed by atoms with van der Waals surface area (Å²) in [6.07, 6.45) is 0. The highest BCUT2D eigenvalue weighted by Gasteiger charge is 2.27. The van der Waals surface area contributed by atoms with Crippen LogP contribution in [0.2, 0.25) is 0 Å². The van der Waals surface area contributed by atoms with Crippen LogP contribution in [0.4, 0.5) is 8.78 Å². The number of benzene rings is 1. The van der Waals surface area contributed by atoms with E-state index in [2.05, 4.69) is 18.7 Å². The Kier molecular flexibility index (Phi) is 5.92. The number of halogens is 2. The predicted octanol–water partition coefficient (Wildman–Crippen LogP) is 2.10. The predicted molar refractivity (Wildman–Crippen MR) is 86.8 cm³/mol. The Hall–Kier alpha value is -1.54. The van der Waals surface area contributed by atoms with Gasteiger partial charge in [-0.15, -0.1) is 0 Å². The second kappa shape index (κ2) is 7.57. The monoisotopic (exact) mass is 360 g/mol. The summed E-state index contributed by atoms with van der Waals surface area (Å²) in [4.78, 5) is 16.0. The van der Waals surface area contributed by atoms with E-state index in [4.69, 9.17) is 0 Å². The van der Waals surface area contributed by atoms with Crippen molar-refractivity contribution in [2.75, 3.05) is 32.7 Å². The maximum absolute atomic E-state index is 12.5. The Bertz CT molecular complexity index is 667. The number of carbonyl (C=O) groups is 1. The number of nitrogens with zero attached hydrogens (tertiary/aromatic N) is 2. The minimum absolute atomic E-state index is 0.208. The van der Waals surface area contributed by atoms with Crippen molar-refractivity contribution in [1.82, 2.24) is 9.80 Å². The van der Waals surface area contributed by atoms with E-state index in [1.165, 1.54) is 12.1 Å². The number of alkyl halides is 2. The Labute approximate surface area is 141 Å². The molecule has 0 atom stereocenters. The standard InChI is InChI=1S/C16H22F2N2O3S/c1-12(2)11-19-7-9-20(10-8-19)15(21)13-3-5-14(6-4-13)24(22,23)16(17)18/h3-6,12,16H,7-11H2,1-2H3. The lowest BCUT2D eigenvalue weighted by atomic mass is 10.1. The number of carbonyl (C=O) groups excluding carboxylic acids is 1. The molecule has 24 heavy (non-hydrogen) atoms. The molecule has 0 spiro atoms. The quantitative estimate of drug-likeness (QED) is 0.807. The van der Waals surface area contributed by atoms with Crippen LogP contribution in [0.1, 0.15) is 24.2 Å². The van der Waals surface area contributed by atoms with Gasteiger partial charge in [0.05, 0.1) is 4.90 Å². The lowest BCUT2D eigenvalue weighted by molar-refractivity contribution is 0.0623. The number of hydrogen-bond acceptors (Lipinski definition) is 4. The molecule has 1 fully saturated rings. The number of piperazine rings is 1. The number of sulfone groups is 1. The number of rotatable bonds is 5. The van der Waals surface area contributed by atoms with Crippen LogP contribution >= 0.6 is 0 Å². The van der Waals surface area contributed by atoms with E-state index in [0.717, 1.165) is 31.8 Å². The molecule has 1 saturated heterocycles. The molecule has 1 aromatic carbocycles. The molecule has 0 N–H and O–H groups in total. The summed E-state index contributed by atoms with van der Waals surface area (Å²) < 4.78 is 47.8. The molecule has 1 aromatic rings. The molecular weight excluding hydrogens is 338 g/mol. The van der Waals surface area contributed by atoms with E-state index >= 15 is 0 Å². The number of hydrogen-bond donors (Lipinski definition) is 0. The molecule has 1 aliphatic rings. The molecule has 0 saturated carbocycles. The second-order valence-electron chi connectivity index (χ2n) is 6.32. The first-order valence-corrected chi connectivity index (χ1v) is 9.40. The molecule has 0 radical (unpaired) electrons. The average molecular weight is 360 g/mol. The molecule has 0 aliphatic carbocycles. The van der Waals surface area contributed by atoms with Crippen LogP contribution < -0.4 is 0 Å². The van der Waals surface area contributed by atoms with Crippen molar-refractivity contribution < 1.29 is 22.0 Å². The van der Waals surface area contributed by atoms with Gasteiger partial charge in [-0.05, 0) is 30.2 Å². The first-order valence-electron chi connectivity index (χ1n) is 7.85. The zero-order chi connectivity index (χ0) is 17.9. The van der Waals surface area contributed by atoms with Gasteiger partial charge in [-0.1, -0.05) is 13.8 Å². The highest BCUT2D eigenvalue weighted by Crippen LogP contribution is 2.19. The molecular formula is C16H22F2N2O3S. The normalized spacial score (nSPS) is 16.8. The summed E-state index contributed by atoms with van der Waals surface area (Å²) >= 11 is 0. The van der Waals surface area contributed by atoms with Crippen molar-refractivity contribution in [1.29, 1.82) is 0 Å². The minimum Gasteiger partial charge on any atom is -0.336 e. The number of amides is 1. The summed E-state index contributed by atoms with van der Waals surface area (Å²) in [5, 5.41) is 0. The van der Waals surface area contributed by atoms with Crippen molar-refractivity contribution in [3.63, 3.8) is 0 Å². The van der Waals surface area contributed by atoms with Crippen molar-refractivity contribution in [2.24, 2.45) is 5.92 Å². The van der Waals surface area contributed by atoms with Gasteiger partial charge in [-0.25, -0.2) is 8.42 Å². The molecule has 5 nitrogen and oxygen atoms in total. The van der Waals surface area contributed by atoms with Gasteiger partial charge < -0.3 is 4.90 Å². The van der Waals surface area contributed by atoms with Gasteiger partial charge in [0.1, 0.15) is 0 Å². The first-order chi connectivity index (χ1) is 11.2. The van der Waals surface area contributed by atoms with Gasteiger partial charge in [0.15, 0.2) is 0 Å². The fourth-order valence-corrected chi connectivity index (χ4v) is 3.44. The largest absolute Gasteiger partial charge is 0.341 e. The molecule has 2 rings (SSSR count). The maximum atomic E-state index is 12.5. The second-order valence-corrected chi connectivity index (χ2v) is 8.23. The van der Waals surface area contributed by atoms with E-state index in [1.54, 1.807) is 4.90 Å². The Balaban J connectivity index is 2.01. The highest BCUT2D eigenvalue weighted by atomic mass is 32.2. The van der Waals surface area contributed by atoms with Crippen molar-refractivity contribution >= 4 is 15.7 Å². The fourth-order valence-electron chi connectivity index (χ4n) is 2.72. The molecule has 1 heterocycles. The molecule has 134 valence electrons. The molecule has 0 aromatic heterocycles. The summed E-state index contributed by atoms with van der Waals surface area (Å²) in [7, 11) is -4.63. The average Bonchev–Trinajstić information content (AvgIpc) is 2.54. The zero-order valence-electron chi connectivity index (χ0n) is 13.8. The van der Waals surface area contributed by atoms with E-state index in [0.29, 0.717) is 24.6 Å². The molecule has 0 bridgehead atoms. The minimum atomic E-state index is -4.63. The third-order valence-corrected chi connectivity index (χ3v) is 5.35. The summed E-state index contributed by atoms with van der Waals surface area (Å²) in [6, 6.07) is 4.70. The van der Waals surface area contributed by atoms with Crippen LogP contribution in [0, 0.1) is 5.92 Å². The Morgan fingerprint density at radius 3 is 2.08 bits per heavy atom. The fraction of sp³-hybridized carbons (Fsp3) is 0.562. The van der Waals surface area contributed by atoms with Crippen LogP contribution in [0.25, 0.3) is 0 Å². The SMILES string of the molecule is CC(C)CN1CCN(C(=O)c2ccc(S(=O)(=O)C(F)F)cc2)CC1. The van der Waals surface area contributed by atoms with Gasteiger partial charge in [0.25, 0.3) is 5.91 Å². The van der Waals surface area contributed by atoms with Crippen LogP contribution in [-0.4, -0.2) is 62.6 Å². The molecule has 8 heteroatoms. The van der Waals surface area contributed by atoms with E-state index in [1.807, 2.05) is 0 Å². The summed E-state index contributed by atoms with van der Waals surface area (Å²) in [5.41, 5.74) is 0.306. The van der Waals surface area contributed by atoms with E-state index in [-0.39, 0.29) is 5.91 Å². The Morgan fingerprint density at radius 1 is 1.08 bits per heavy atom. The third kappa shape index (κ3) is 4.30. The first kappa shape index (κ1) is 18.8. The lowest BCUT2D eigenvalue weighted by Crippen LogP contribution is -2.49. The van der Waals surface area contributed by atoms with Crippen LogP contribution in [0.3, 0.4) is 0 Å². The molecule has 1 amide bonds. The zero-order valence-corrected chi connectivity index (χ0v) is 14.6. The van der Waals surface area contributed by atoms with Gasteiger partial charge in [-0.2, -0.15) is 8.78 Å². The smallest absolute Gasteiger partial charge is 0.336 e. The maximum Gasteiger partial charge on any atom is 0.341 e. The van der Waals surface area contributed by atoms with Crippen molar-refractivity contribution in [3.8, 4) is 0 Å².